The Morgan fingerprint density at radius 3 is 2.75 bits per heavy atom. The molecule has 0 unspecified atom stereocenters. The van der Waals surface area contributed by atoms with Crippen molar-refractivity contribution >= 4 is 38.4 Å². The molecular formula is C19H19BrN2O2. The van der Waals surface area contributed by atoms with Gasteiger partial charge in [0.2, 0.25) is 0 Å². The molecule has 5 heteroatoms. The number of amides is 1. The highest BCUT2D eigenvalue weighted by Gasteiger charge is 2.19. The minimum Gasteiger partial charge on any atom is -0.490 e. The zero-order valence-electron chi connectivity index (χ0n) is 13.7. The number of ether oxygens (including phenoxy) is 1. The monoisotopic (exact) mass is 386 g/mol. The van der Waals surface area contributed by atoms with Gasteiger partial charge in [-0.3, -0.25) is 4.79 Å². The number of aromatic amines is 1. The first-order valence-corrected chi connectivity index (χ1v) is 8.90. The number of anilines is 1. The van der Waals surface area contributed by atoms with Crippen LogP contribution in [0.1, 0.15) is 21.6 Å². The first kappa shape index (κ1) is 16.6. The predicted molar refractivity (Wildman–Crippen MR) is 101 cm³/mol. The molecule has 0 saturated heterocycles. The maximum absolute atomic E-state index is 12.8. The molecule has 1 heterocycles. The molecule has 2 aromatic carbocycles. The van der Waals surface area contributed by atoms with Crippen LogP contribution in [0.5, 0.6) is 5.75 Å². The normalized spacial score (nSPS) is 10.8. The molecule has 0 atom stereocenters. The number of nitrogens with one attached hydrogen (secondary N) is 2. The molecule has 0 saturated carbocycles. The molecule has 2 N–H and O–H groups in total. The van der Waals surface area contributed by atoms with Crippen LogP contribution in [0.2, 0.25) is 0 Å². The number of rotatable bonds is 5. The van der Waals surface area contributed by atoms with E-state index < -0.39 is 0 Å². The summed E-state index contributed by atoms with van der Waals surface area (Å²) >= 11 is 3.36. The van der Waals surface area contributed by atoms with Gasteiger partial charge in [0, 0.05) is 21.9 Å². The maximum Gasteiger partial charge on any atom is 0.275 e. The topological polar surface area (TPSA) is 54.1 Å². The van der Waals surface area contributed by atoms with Crippen LogP contribution in [0.4, 0.5) is 5.69 Å². The average molecular weight is 387 g/mol. The van der Waals surface area contributed by atoms with E-state index >= 15 is 0 Å². The second kappa shape index (κ2) is 7.09. The number of aryl methyl sites for hydroxylation is 2. The summed E-state index contributed by atoms with van der Waals surface area (Å²) in [5.74, 6) is 0.384. The minimum atomic E-state index is -0.206. The number of para-hydroxylation sites is 1. The number of H-pyrrole nitrogens is 1. The fourth-order valence-corrected chi connectivity index (χ4v) is 2.87. The summed E-state index contributed by atoms with van der Waals surface area (Å²) in [5.41, 5.74) is 4.32. The number of aromatic nitrogens is 1. The predicted octanol–water partition coefficient (Wildman–Crippen LogP) is 4.81. The van der Waals surface area contributed by atoms with Gasteiger partial charge in [0.15, 0.2) is 5.75 Å². The van der Waals surface area contributed by atoms with Crippen LogP contribution in [0.25, 0.3) is 10.9 Å². The van der Waals surface area contributed by atoms with Gasteiger partial charge in [-0.05, 0) is 37.6 Å². The van der Waals surface area contributed by atoms with Gasteiger partial charge < -0.3 is 15.0 Å². The zero-order chi connectivity index (χ0) is 17.1. The van der Waals surface area contributed by atoms with E-state index in [1.165, 1.54) is 0 Å². The van der Waals surface area contributed by atoms with Gasteiger partial charge in [-0.1, -0.05) is 45.8 Å². The van der Waals surface area contributed by atoms with E-state index in [1.807, 2.05) is 56.3 Å². The van der Waals surface area contributed by atoms with E-state index in [0.29, 0.717) is 23.4 Å². The van der Waals surface area contributed by atoms with E-state index in [4.69, 9.17) is 4.74 Å². The molecule has 0 spiro atoms. The van der Waals surface area contributed by atoms with Crippen LogP contribution in [0, 0.1) is 13.8 Å². The molecule has 0 aliphatic heterocycles. The van der Waals surface area contributed by atoms with Crippen molar-refractivity contribution in [2.24, 2.45) is 0 Å². The second-order valence-corrected chi connectivity index (χ2v) is 6.48. The lowest BCUT2D eigenvalue weighted by atomic mass is 10.1. The fraction of sp³-hybridized carbons (Fsp3) is 0.211. The van der Waals surface area contributed by atoms with Crippen molar-refractivity contribution in [1.29, 1.82) is 0 Å². The minimum absolute atomic E-state index is 0.206. The lowest BCUT2D eigenvalue weighted by Crippen LogP contribution is -2.15. The lowest BCUT2D eigenvalue weighted by Gasteiger charge is -2.10. The Morgan fingerprint density at radius 1 is 1.21 bits per heavy atom. The van der Waals surface area contributed by atoms with Gasteiger partial charge in [0.05, 0.1) is 6.61 Å². The molecule has 124 valence electrons. The highest BCUT2D eigenvalue weighted by Crippen LogP contribution is 2.31. The summed E-state index contributed by atoms with van der Waals surface area (Å²) in [5, 5.41) is 4.58. The molecule has 0 fully saturated rings. The Morgan fingerprint density at radius 2 is 2.00 bits per heavy atom. The number of fused-ring (bicyclic) bond motifs is 1. The van der Waals surface area contributed by atoms with Crippen LogP contribution >= 0.6 is 15.9 Å². The van der Waals surface area contributed by atoms with Crippen LogP contribution < -0.4 is 10.1 Å². The number of benzene rings is 2. The van der Waals surface area contributed by atoms with Gasteiger partial charge in [-0.2, -0.15) is 0 Å². The molecule has 0 bridgehead atoms. The Bertz CT molecular complexity index is 886. The number of halogens is 1. The van der Waals surface area contributed by atoms with Crippen LogP contribution in [0.3, 0.4) is 0 Å². The highest BCUT2D eigenvalue weighted by molar-refractivity contribution is 9.09. The molecule has 24 heavy (non-hydrogen) atoms. The summed E-state index contributed by atoms with van der Waals surface area (Å²) in [6.45, 7) is 4.50. The van der Waals surface area contributed by atoms with Gasteiger partial charge in [0.25, 0.3) is 5.91 Å². The van der Waals surface area contributed by atoms with Gasteiger partial charge >= 0.3 is 0 Å². The number of hydrogen-bond acceptors (Lipinski definition) is 2. The van der Waals surface area contributed by atoms with Crippen molar-refractivity contribution in [3.05, 3.63) is 59.3 Å². The first-order chi connectivity index (χ1) is 11.6. The fourth-order valence-electron chi connectivity index (χ4n) is 2.71. The van der Waals surface area contributed by atoms with Crippen molar-refractivity contribution in [3.63, 3.8) is 0 Å². The highest BCUT2D eigenvalue weighted by atomic mass is 79.9. The average Bonchev–Trinajstić information content (AvgIpc) is 2.94. The smallest absolute Gasteiger partial charge is 0.275 e. The van der Waals surface area contributed by atoms with Crippen molar-refractivity contribution in [2.45, 2.75) is 13.8 Å². The quantitative estimate of drug-likeness (QED) is 0.618. The van der Waals surface area contributed by atoms with E-state index in [1.54, 1.807) is 0 Å². The molecule has 0 aliphatic rings. The van der Waals surface area contributed by atoms with Crippen LogP contribution in [0.15, 0.2) is 42.5 Å². The largest absolute Gasteiger partial charge is 0.490 e. The second-order valence-electron chi connectivity index (χ2n) is 5.68. The summed E-state index contributed by atoms with van der Waals surface area (Å²) in [7, 11) is 0. The van der Waals surface area contributed by atoms with E-state index in [2.05, 4.69) is 26.2 Å². The Hall–Kier alpha value is -2.27. The van der Waals surface area contributed by atoms with Crippen molar-refractivity contribution in [2.75, 3.05) is 17.3 Å². The van der Waals surface area contributed by atoms with Crippen molar-refractivity contribution < 1.29 is 9.53 Å². The number of hydrogen-bond donors (Lipinski definition) is 2. The Kier molecular flexibility index (Phi) is 4.90. The summed E-state index contributed by atoms with van der Waals surface area (Å²) in [6, 6.07) is 13.7. The molecule has 1 aromatic heterocycles. The van der Waals surface area contributed by atoms with E-state index in [-0.39, 0.29) is 5.91 Å². The van der Waals surface area contributed by atoms with Crippen LogP contribution in [-0.4, -0.2) is 22.8 Å². The van der Waals surface area contributed by atoms with Crippen molar-refractivity contribution in [3.8, 4) is 5.75 Å². The standard InChI is InChI=1S/C19H19BrN2O2/c1-12-7-8-15(13(2)11-12)22-19(23)17-18(24-10-9-20)14-5-3-4-6-16(14)21-17/h3-8,11,21H,9-10H2,1-2H3,(H,22,23). The van der Waals surface area contributed by atoms with Gasteiger partial charge in [-0.15, -0.1) is 0 Å². The third kappa shape index (κ3) is 3.31. The van der Waals surface area contributed by atoms with E-state index in [0.717, 1.165) is 27.7 Å². The zero-order valence-corrected chi connectivity index (χ0v) is 15.2. The first-order valence-electron chi connectivity index (χ1n) is 7.78. The number of carbonyl (C=O) groups is 1. The Labute approximate surface area is 149 Å². The SMILES string of the molecule is Cc1ccc(NC(=O)c2[nH]c3ccccc3c2OCCBr)c(C)c1. The van der Waals surface area contributed by atoms with Crippen LogP contribution in [-0.2, 0) is 0 Å². The molecule has 1 amide bonds. The molecule has 3 aromatic rings. The molecule has 3 rings (SSSR count). The molecule has 0 aliphatic carbocycles. The third-order valence-electron chi connectivity index (χ3n) is 3.84. The number of carbonyl (C=O) groups excluding carboxylic acids is 1. The van der Waals surface area contributed by atoms with Crippen molar-refractivity contribution in [1.82, 2.24) is 4.98 Å². The van der Waals surface area contributed by atoms with E-state index in [9.17, 15) is 4.79 Å². The Balaban J connectivity index is 1.96. The molecule has 0 radical (unpaired) electrons. The number of alkyl halides is 1. The third-order valence-corrected chi connectivity index (χ3v) is 4.16. The summed E-state index contributed by atoms with van der Waals surface area (Å²) < 4.78 is 5.81. The molecule has 4 nitrogen and oxygen atoms in total. The summed E-state index contributed by atoms with van der Waals surface area (Å²) in [4.78, 5) is 15.9. The van der Waals surface area contributed by atoms with Gasteiger partial charge in [0.1, 0.15) is 5.69 Å². The van der Waals surface area contributed by atoms with Gasteiger partial charge in [-0.25, -0.2) is 0 Å². The summed E-state index contributed by atoms with van der Waals surface area (Å²) in [6.07, 6.45) is 0. The lowest BCUT2D eigenvalue weighted by molar-refractivity contribution is 0.101. The molecular weight excluding hydrogens is 368 g/mol. The maximum atomic E-state index is 12.8.